The van der Waals surface area contributed by atoms with E-state index in [9.17, 15) is 4.79 Å². The molecule has 1 aliphatic heterocycles. The van der Waals surface area contributed by atoms with Crippen molar-refractivity contribution < 1.29 is 4.79 Å². The van der Waals surface area contributed by atoms with E-state index in [1.54, 1.807) is 0 Å². The maximum absolute atomic E-state index is 12.2. The van der Waals surface area contributed by atoms with Crippen LogP contribution in [-0.2, 0) is 11.3 Å². The first-order valence-electron chi connectivity index (χ1n) is 7.95. The summed E-state index contributed by atoms with van der Waals surface area (Å²) in [4.78, 5) is 14.6. The minimum Gasteiger partial charge on any atom is -0.326 e. The van der Waals surface area contributed by atoms with Crippen molar-refractivity contribution in [2.45, 2.75) is 58.2 Å². The van der Waals surface area contributed by atoms with Crippen LogP contribution in [0.1, 0.15) is 45.1 Å². The number of nitrogens with two attached hydrogens (primary N) is 1. The minimum atomic E-state index is 0.0703. The highest BCUT2D eigenvalue weighted by Gasteiger charge is 2.24. The number of carbonyl (C=O) groups excluding carboxylic acids is 1. The van der Waals surface area contributed by atoms with E-state index in [1.165, 1.54) is 19.3 Å². The van der Waals surface area contributed by atoms with Crippen molar-refractivity contribution in [3.05, 3.63) is 29.8 Å². The molecule has 2 rings (SSSR count). The van der Waals surface area contributed by atoms with Crippen molar-refractivity contribution >= 4 is 11.6 Å². The first-order chi connectivity index (χ1) is 10.1. The highest BCUT2D eigenvalue weighted by atomic mass is 16.1. The van der Waals surface area contributed by atoms with Crippen LogP contribution in [0.15, 0.2) is 24.3 Å². The van der Waals surface area contributed by atoms with Crippen LogP contribution in [-0.4, -0.2) is 29.4 Å². The molecule has 1 saturated heterocycles. The minimum absolute atomic E-state index is 0.0703. The Bertz CT molecular complexity index is 465. The van der Waals surface area contributed by atoms with Gasteiger partial charge in [0.25, 0.3) is 0 Å². The Morgan fingerprint density at radius 2 is 1.95 bits per heavy atom. The molecule has 1 aliphatic rings. The van der Waals surface area contributed by atoms with Gasteiger partial charge in [0.1, 0.15) is 0 Å². The number of benzene rings is 1. The fourth-order valence-corrected chi connectivity index (χ4v) is 3.18. The van der Waals surface area contributed by atoms with Gasteiger partial charge >= 0.3 is 0 Å². The number of carbonyl (C=O) groups is 1. The van der Waals surface area contributed by atoms with E-state index in [0.29, 0.717) is 25.0 Å². The second-order valence-electron chi connectivity index (χ2n) is 6.03. The smallest absolute Gasteiger partial charge is 0.225 e. The average Bonchev–Trinajstić information content (AvgIpc) is 2.47. The maximum atomic E-state index is 12.2. The van der Waals surface area contributed by atoms with Crippen molar-refractivity contribution in [3.63, 3.8) is 0 Å². The van der Waals surface area contributed by atoms with E-state index in [-0.39, 0.29) is 5.91 Å². The lowest BCUT2D eigenvalue weighted by molar-refractivity contribution is -0.116. The molecule has 4 heteroatoms. The van der Waals surface area contributed by atoms with Crippen LogP contribution in [0.5, 0.6) is 0 Å². The van der Waals surface area contributed by atoms with Crippen LogP contribution < -0.4 is 11.1 Å². The van der Waals surface area contributed by atoms with Gasteiger partial charge in [-0.15, -0.1) is 0 Å². The number of para-hydroxylation sites is 1. The predicted molar refractivity (Wildman–Crippen MR) is 87.1 cm³/mol. The van der Waals surface area contributed by atoms with E-state index in [0.717, 1.165) is 17.8 Å². The second kappa shape index (κ2) is 7.57. The largest absolute Gasteiger partial charge is 0.326 e. The van der Waals surface area contributed by atoms with Crippen molar-refractivity contribution in [3.8, 4) is 0 Å². The molecule has 2 unspecified atom stereocenters. The first kappa shape index (κ1) is 16.0. The van der Waals surface area contributed by atoms with Crippen LogP contribution in [0.4, 0.5) is 5.69 Å². The molecule has 1 heterocycles. The molecule has 4 nitrogen and oxygen atoms in total. The van der Waals surface area contributed by atoms with Crippen LogP contribution in [0, 0.1) is 0 Å². The zero-order chi connectivity index (χ0) is 15.2. The van der Waals surface area contributed by atoms with Crippen molar-refractivity contribution in [2.24, 2.45) is 5.73 Å². The highest BCUT2D eigenvalue weighted by Crippen LogP contribution is 2.22. The Balaban J connectivity index is 1.87. The molecular formula is C17H27N3O. The van der Waals surface area contributed by atoms with E-state index in [1.807, 2.05) is 24.3 Å². The van der Waals surface area contributed by atoms with Gasteiger partial charge in [0.15, 0.2) is 0 Å². The molecule has 0 spiro atoms. The van der Waals surface area contributed by atoms with Crippen molar-refractivity contribution in [1.29, 1.82) is 0 Å². The predicted octanol–water partition coefficient (Wildman–Crippen LogP) is 2.74. The zero-order valence-electron chi connectivity index (χ0n) is 13.1. The van der Waals surface area contributed by atoms with Crippen molar-refractivity contribution in [1.82, 2.24) is 4.90 Å². The van der Waals surface area contributed by atoms with Crippen LogP contribution in [0.25, 0.3) is 0 Å². The maximum Gasteiger partial charge on any atom is 0.225 e. The highest BCUT2D eigenvalue weighted by molar-refractivity contribution is 5.91. The molecular weight excluding hydrogens is 262 g/mol. The second-order valence-corrected chi connectivity index (χ2v) is 6.03. The SMILES string of the molecule is CC1CCCC(C)N1CCC(=O)Nc1ccccc1CN. The first-order valence-corrected chi connectivity index (χ1v) is 7.95. The molecule has 0 bridgehead atoms. The van der Waals surface area contributed by atoms with Gasteiger partial charge in [-0.2, -0.15) is 0 Å². The van der Waals surface area contributed by atoms with Crippen LogP contribution in [0.2, 0.25) is 0 Å². The number of likely N-dealkylation sites (tertiary alicyclic amines) is 1. The Morgan fingerprint density at radius 3 is 2.62 bits per heavy atom. The molecule has 2 atom stereocenters. The molecule has 1 aromatic carbocycles. The number of hydrogen-bond acceptors (Lipinski definition) is 3. The summed E-state index contributed by atoms with van der Waals surface area (Å²) in [6.07, 6.45) is 4.31. The van der Waals surface area contributed by atoms with Gasteiger partial charge in [0, 0.05) is 37.3 Å². The monoisotopic (exact) mass is 289 g/mol. The fraction of sp³-hybridized carbons (Fsp3) is 0.588. The quantitative estimate of drug-likeness (QED) is 0.876. The fourth-order valence-electron chi connectivity index (χ4n) is 3.18. The number of nitrogens with one attached hydrogen (secondary N) is 1. The summed E-state index contributed by atoms with van der Waals surface area (Å²) in [5, 5.41) is 2.99. The van der Waals surface area contributed by atoms with Gasteiger partial charge in [0.05, 0.1) is 0 Å². The Morgan fingerprint density at radius 1 is 1.29 bits per heavy atom. The van der Waals surface area contributed by atoms with Gasteiger partial charge in [-0.3, -0.25) is 9.69 Å². The Kier molecular flexibility index (Phi) is 5.76. The number of nitrogens with zero attached hydrogens (tertiary/aromatic N) is 1. The lowest BCUT2D eigenvalue weighted by Crippen LogP contribution is -2.44. The number of anilines is 1. The molecule has 21 heavy (non-hydrogen) atoms. The standard InChI is InChI=1S/C17H27N3O/c1-13-6-5-7-14(2)20(13)11-10-17(21)19-16-9-4-3-8-15(16)12-18/h3-4,8-9,13-14H,5-7,10-12,18H2,1-2H3,(H,19,21). The van der Waals surface area contributed by atoms with Gasteiger partial charge in [-0.05, 0) is 38.3 Å². The summed E-state index contributed by atoms with van der Waals surface area (Å²) < 4.78 is 0. The number of piperidine rings is 1. The topological polar surface area (TPSA) is 58.4 Å². The number of hydrogen-bond donors (Lipinski definition) is 2. The summed E-state index contributed by atoms with van der Waals surface area (Å²) in [5.41, 5.74) is 7.51. The molecule has 0 aromatic heterocycles. The Hall–Kier alpha value is -1.39. The molecule has 1 aromatic rings. The third-order valence-electron chi connectivity index (χ3n) is 4.48. The number of amides is 1. The summed E-state index contributed by atoms with van der Waals surface area (Å²) in [6.45, 7) is 5.80. The van der Waals surface area contributed by atoms with E-state index >= 15 is 0 Å². The van der Waals surface area contributed by atoms with Gasteiger partial charge in [-0.1, -0.05) is 24.6 Å². The van der Waals surface area contributed by atoms with Gasteiger partial charge in [-0.25, -0.2) is 0 Å². The summed E-state index contributed by atoms with van der Waals surface area (Å²) >= 11 is 0. The summed E-state index contributed by atoms with van der Waals surface area (Å²) in [6, 6.07) is 8.88. The average molecular weight is 289 g/mol. The van der Waals surface area contributed by atoms with Crippen LogP contribution >= 0.6 is 0 Å². The summed E-state index contributed by atoms with van der Waals surface area (Å²) in [5.74, 6) is 0.0703. The molecule has 1 amide bonds. The zero-order valence-corrected chi connectivity index (χ0v) is 13.1. The van der Waals surface area contributed by atoms with E-state index < -0.39 is 0 Å². The molecule has 0 saturated carbocycles. The lowest BCUT2D eigenvalue weighted by Gasteiger charge is -2.38. The molecule has 116 valence electrons. The molecule has 1 fully saturated rings. The van der Waals surface area contributed by atoms with Crippen LogP contribution in [0.3, 0.4) is 0 Å². The Labute approximate surface area is 127 Å². The summed E-state index contributed by atoms with van der Waals surface area (Å²) in [7, 11) is 0. The van der Waals surface area contributed by atoms with Gasteiger partial charge < -0.3 is 11.1 Å². The third kappa shape index (κ3) is 4.29. The van der Waals surface area contributed by atoms with E-state index in [4.69, 9.17) is 5.73 Å². The lowest BCUT2D eigenvalue weighted by atomic mass is 9.97. The normalized spacial score (nSPS) is 23.0. The van der Waals surface area contributed by atoms with Crippen molar-refractivity contribution in [2.75, 3.05) is 11.9 Å². The molecule has 0 radical (unpaired) electrons. The third-order valence-corrected chi connectivity index (χ3v) is 4.48. The molecule has 3 N–H and O–H groups in total. The molecule has 0 aliphatic carbocycles. The van der Waals surface area contributed by atoms with Gasteiger partial charge in [0.2, 0.25) is 5.91 Å². The number of rotatable bonds is 5. The van der Waals surface area contributed by atoms with E-state index in [2.05, 4.69) is 24.1 Å².